The lowest BCUT2D eigenvalue weighted by Crippen LogP contribution is -2.47. The van der Waals surface area contributed by atoms with Gasteiger partial charge in [-0.1, -0.05) is 32.0 Å². The van der Waals surface area contributed by atoms with E-state index in [2.05, 4.69) is 10.6 Å². The Labute approximate surface area is 173 Å². The Morgan fingerprint density at radius 1 is 1.00 bits per heavy atom. The maximum absolute atomic E-state index is 13.7. The predicted molar refractivity (Wildman–Crippen MR) is 108 cm³/mol. The molecule has 2 aromatic rings. The van der Waals surface area contributed by atoms with E-state index in [1.165, 1.54) is 6.92 Å². The minimum absolute atomic E-state index is 0.238. The zero-order valence-corrected chi connectivity index (χ0v) is 17.2. The van der Waals surface area contributed by atoms with Crippen molar-refractivity contribution in [2.75, 3.05) is 5.32 Å². The predicted octanol–water partition coefficient (Wildman–Crippen LogP) is 3.60. The van der Waals surface area contributed by atoms with E-state index in [0.717, 1.165) is 17.7 Å². The number of rotatable bonds is 7. The van der Waals surface area contributed by atoms with Crippen LogP contribution in [0.15, 0.2) is 42.5 Å². The second-order valence-corrected chi connectivity index (χ2v) is 7.20. The van der Waals surface area contributed by atoms with Gasteiger partial charge in [0.15, 0.2) is 6.10 Å². The van der Waals surface area contributed by atoms with Gasteiger partial charge in [0.25, 0.3) is 11.8 Å². The second kappa shape index (κ2) is 9.96. The van der Waals surface area contributed by atoms with E-state index in [0.29, 0.717) is 11.6 Å². The maximum atomic E-state index is 13.7. The third-order valence-electron chi connectivity index (χ3n) is 4.45. The summed E-state index contributed by atoms with van der Waals surface area (Å²) in [6, 6.07) is 8.62. The molecule has 160 valence electrons. The quantitative estimate of drug-likeness (QED) is 0.673. The van der Waals surface area contributed by atoms with Crippen LogP contribution in [0, 0.1) is 24.5 Å². The Balaban J connectivity index is 2.03. The minimum atomic E-state index is -1.27. The standard InChI is InChI=1S/C22H24F2N2O4/c1-12(2)19(26-21(28)16-8-6-5-7-13(16)3)22(29)30-14(4)20(27)25-18-10-9-15(23)11-17(18)24/h5-12,14,19H,1-4H3,(H,25,27)(H,26,28)/t14-,19+/m1/s1. The van der Waals surface area contributed by atoms with Crippen LogP contribution in [-0.4, -0.2) is 29.9 Å². The van der Waals surface area contributed by atoms with Gasteiger partial charge in [-0.2, -0.15) is 0 Å². The molecule has 0 heterocycles. The first-order valence-corrected chi connectivity index (χ1v) is 9.43. The molecule has 30 heavy (non-hydrogen) atoms. The van der Waals surface area contributed by atoms with Crippen LogP contribution in [-0.2, 0) is 14.3 Å². The average Bonchev–Trinajstić information content (AvgIpc) is 2.67. The van der Waals surface area contributed by atoms with Crippen molar-refractivity contribution in [3.8, 4) is 0 Å². The van der Waals surface area contributed by atoms with E-state index >= 15 is 0 Å². The Kier molecular flexibility index (Phi) is 7.63. The van der Waals surface area contributed by atoms with E-state index in [4.69, 9.17) is 4.74 Å². The van der Waals surface area contributed by atoms with E-state index < -0.39 is 41.6 Å². The molecule has 0 bridgehead atoms. The molecule has 2 rings (SSSR count). The molecule has 2 amide bonds. The van der Waals surface area contributed by atoms with Gasteiger partial charge in [-0.15, -0.1) is 0 Å². The molecule has 0 aliphatic carbocycles. The number of amides is 2. The number of nitrogens with one attached hydrogen (secondary N) is 2. The van der Waals surface area contributed by atoms with Gasteiger partial charge < -0.3 is 15.4 Å². The summed E-state index contributed by atoms with van der Waals surface area (Å²) >= 11 is 0. The zero-order valence-electron chi connectivity index (χ0n) is 17.2. The molecular weight excluding hydrogens is 394 g/mol. The number of anilines is 1. The number of carbonyl (C=O) groups excluding carboxylic acids is 3. The summed E-state index contributed by atoms with van der Waals surface area (Å²) in [6.07, 6.45) is -1.27. The molecule has 0 aliphatic heterocycles. The number of aryl methyl sites for hydroxylation is 1. The largest absolute Gasteiger partial charge is 0.451 e. The minimum Gasteiger partial charge on any atom is -0.451 e. The SMILES string of the molecule is Cc1ccccc1C(=O)N[C@H](C(=O)O[C@H](C)C(=O)Nc1ccc(F)cc1F)C(C)C. The number of ether oxygens (including phenoxy) is 1. The molecule has 0 fully saturated rings. The van der Waals surface area contributed by atoms with Crippen LogP contribution >= 0.6 is 0 Å². The highest BCUT2D eigenvalue weighted by molar-refractivity contribution is 5.99. The first-order chi connectivity index (χ1) is 14.1. The smallest absolute Gasteiger partial charge is 0.329 e. The lowest BCUT2D eigenvalue weighted by molar-refractivity contribution is -0.156. The van der Waals surface area contributed by atoms with E-state index in [1.54, 1.807) is 45.0 Å². The summed E-state index contributed by atoms with van der Waals surface area (Å²) in [6.45, 7) is 6.54. The highest BCUT2D eigenvalue weighted by atomic mass is 19.1. The number of carbonyl (C=O) groups is 3. The van der Waals surface area contributed by atoms with Crippen LogP contribution in [0.5, 0.6) is 0 Å². The van der Waals surface area contributed by atoms with Gasteiger partial charge in [0.2, 0.25) is 0 Å². The van der Waals surface area contributed by atoms with Crippen molar-refractivity contribution in [2.45, 2.75) is 39.8 Å². The number of hydrogen-bond acceptors (Lipinski definition) is 4. The van der Waals surface area contributed by atoms with Crippen LogP contribution in [0.1, 0.15) is 36.7 Å². The third kappa shape index (κ3) is 5.85. The highest BCUT2D eigenvalue weighted by Gasteiger charge is 2.29. The lowest BCUT2D eigenvalue weighted by Gasteiger charge is -2.23. The van der Waals surface area contributed by atoms with Gasteiger partial charge in [-0.05, 0) is 43.5 Å². The van der Waals surface area contributed by atoms with Gasteiger partial charge in [0.05, 0.1) is 5.69 Å². The Morgan fingerprint density at radius 3 is 2.27 bits per heavy atom. The molecule has 0 saturated carbocycles. The van der Waals surface area contributed by atoms with Crippen LogP contribution in [0.25, 0.3) is 0 Å². The summed E-state index contributed by atoms with van der Waals surface area (Å²) in [7, 11) is 0. The Morgan fingerprint density at radius 2 is 1.67 bits per heavy atom. The summed E-state index contributed by atoms with van der Waals surface area (Å²) in [5, 5.41) is 4.88. The number of halogens is 2. The average molecular weight is 418 g/mol. The van der Waals surface area contributed by atoms with Crippen molar-refractivity contribution in [3.05, 3.63) is 65.2 Å². The van der Waals surface area contributed by atoms with Crippen molar-refractivity contribution >= 4 is 23.5 Å². The lowest BCUT2D eigenvalue weighted by atomic mass is 10.0. The molecule has 0 unspecified atom stereocenters. The molecule has 2 atom stereocenters. The molecule has 6 nitrogen and oxygen atoms in total. The van der Waals surface area contributed by atoms with Crippen LogP contribution in [0.2, 0.25) is 0 Å². The Hall–Kier alpha value is -3.29. The monoisotopic (exact) mass is 418 g/mol. The summed E-state index contributed by atoms with van der Waals surface area (Å²) in [5.74, 6) is -4.07. The van der Waals surface area contributed by atoms with Gasteiger partial charge in [-0.25, -0.2) is 13.6 Å². The summed E-state index contributed by atoms with van der Waals surface area (Å²) < 4.78 is 31.8. The fourth-order valence-corrected chi connectivity index (χ4v) is 2.67. The summed E-state index contributed by atoms with van der Waals surface area (Å²) in [4.78, 5) is 37.3. The fourth-order valence-electron chi connectivity index (χ4n) is 2.67. The molecule has 2 N–H and O–H groups in total. The van der Waals surface area contributed by atoms with Crippen LogP contribution in [0.3, 0.4) is 0 Å². The first-order valence-electron chi connectivity index (χ1n) is 9.43. The fraction of sp³-hybridized carbons (Fsp3) is 0.318. The van der Waals surface area contributed by atoms with E-state index in [9.17, 15) is 23.2 Å². The normalized spacial score (nSPS) is 12.8. The third-order valence-corrected chi connectivity index (χ3v) is 4.45. The molecule has 2 aromatic carbocycles. The van der Waals surface area contributed by atoms with E-state index in [-0.39, 0.29) is 11.6 Å². The molecule has 8 heteroatoms. The second-order valence-electron chi connectivity index (χ2n) is 7.20. The molecule has 0 saturated heterocycles. The zero-order chi connectivity index (χ0) is 22.4. The first kappa shape index (κ1) is 23.0. The van der Waals surface area contributed by atoms with Crippen molar-refractivity contribution in [1.82, 2.24) is 5.32 Å². The maximum Gasteiger partial charge on any atom is 0.329 e. The van der Waals surface area contributed by atoms with Crippen LogP contribution in [0.4, 0.5) is 14.5 Å². The summed E-state index contributed by atoms with van der Waals surface area (Å²) in [5.41, 5.74) is 0.936. The molecule has 0 radical (unpaired) electrons. The molecule has 0 spiro atoms. The number of benzene rings is 2. The number of hydrogen-bond donors (Lipinski definition) is 2. The van der Waals surface area contributed by atoms with E-state index in [1.807, 2.05) is 0 Å². The highest BCUT2D eigenvalue weighted by Crippen LogP contribution is 2.16. The molecule has 0 aliphatic rings. The van der Waals surface area contributed by atoms with Crippen molar-refractivity contribution in [2.24, 2.45) is 5.92 Å². The van der Waals surface area contributed by atoms with Gasteiger partial charge in [0, 0.05) is 11.6 Å². The van der Waals surface area contributed by atoms with Crippen LogP contribution < -0.4 is 10.6 Å². The van der Waals surface area contributed by atoms with Gasteiger partial charge in [0.1, 0.15) is 17.7 Å². The van der Waals surface area contributed by atoms with Crippen molar-refractivity contribution in [3.63, 3.8) is 0 Å². The van der Waals surface area contributed by atoms with Gasteiger partial charge >= 0.3 is 5.97 Å². The van der Waals surface area contributed by atoms with Gasteiger partial charge in [-0.3, -0.25) is 9.59 Å². The molecular formula is C22H24F2N2O4. The van der Waals surface area contributed by atoms with Crippen molar-refractivity contribution < 1.29 is 27.9 Å². The Bertz CT molecular complexity index is 946. The number of esters is 1. The molecule has 0 aromatic heterocycles. The topological polar surface area (TPSA) is 84.5 Å². The van der Waals surface area contributed by atoms with Crippen molar-refractivity contribution in [1.29, 1.82) is 0 Å².